The maximum absolute atomic E-state index is 13.1. The van der Waals surface area contributed by atoms with Crippen molar-refractivity contribution in [3.63, 3.8) is 0 Å². The van der Waals surface area contributed by atoms with E-state index in [0.29, 0.717) is 6.54 Å². The molecular formula is C22H23N3O. The van der Waals surface area contributed by atoms with Crippen LogP contribution in [0.3, 0.4) is 0 Å². The monoisotopic (exact) mass is 345 g/mol. The number of rotatable bonds is 1. The van der Waals surface area contributed by atoms with Crippen LogP contribution in [0.2, 0.25) is 0 Å². The second kappa shape index (κ2) is 6.37. The predicted molar refractivity (Wildman–Crippen MR) is 105 cm³/mol. The molecule has 1 aliphatic heterocycles. The third kappa shape index (κ3) is 2.77. The van der Waals surface area contributed by atoms with Gasteiger partial charge >= 0.3 is 6.03 Å². The third-order valence-electron chi connectivity index (χ3n) is 5.29. The molecule has 132 valence electrons. The Balaban J connectivity index is 1.68. The van der Waals surface area contributed by atoms with Crippen LogP contribution in [0.15, 0.2) is 60.8 Å². The van der Waals surface area contributed by atoms with Gasteiger partial charge in [0, 0.05) is 17.6 Å². The summed E-state index contributed by atoms with van der Waals surface area (Å²) in [5, 5.41) is 3.07. The molecule has 0 spiro atoms. The number of carbonyl (C=O) groups is 1. The first-order valence-electron chi connectivity index (χ1n) is 8.95. The predicted octanol–water partition coefficient (Wildman–Crippen LogP) is 5.20. The second-order valence-corrected chi connectivity index (χ2v) is 6.96. The van der Waals surface area contributed by atoms with Gasteiger partial charge in [0.15, 0.2) is 0 Å². The Morgan fingerprint density at radius 2 is 1.85 bits per heavy atom. The van der Waals surface area contributed by atoms with Crippen LogP contribution in [0.4, 0.5) is 10.5 Å². The van der Waals surface area contributed by atoms with Crippen molar-refractivity contribution in [1.29, 1.82) is 0 Å². The maximum Gasteiger partial charge on any atom is 0.322 e. The van der Waals surface area contributed by atoms with Crippen LogP contribution >= 0.6 is 0 Å². The summed E-state index contributed by atoms with van der Waals surface area (Å²) in [6, 6.07) is 18.3. The minimum atomic E-state index is -0.0785. The number of para-hydroxylation sites is 1. The molecule has 0 radical (unpaired) electrons. The Labute approximate surface area is 154 Å². The fourth-order valence-corrected chi connectivity index (χ4v) is 3.58. The number of aryl methyl sites for hydroxylation is 2. The number of amides is 2. The van der Waals surface area contributed by atoms with Gasteiger partial charge in [-0.2, -0.15) is 0 Å². The van der Waals surface area contributed by atoms with Crippen LogP contribution in [0.5, 0.6) is 0 Å². The normalized spacial score (nSPS) is 15.8. The van der Waals surface area contributed by atoms with Crippen molar-refractivity contribution in [2.75, 3.05) is 5.32 Å². The van der Waals surface area contributed by atoms with Crippen molar-refractivity contribution in [3.05, 3.63) is 83.2 Å². The van der Waals surface area contributed by atoms with Crippen LogP contribution < -0.4 is 5.32 Å². The minimum absolute atomic E-state index is 0.0241. The Kier molecular flexibility index (Phi) is 4.03. The SMILES string of the molecule is Cc1ccc(NC(=O)N2Cc3ccccc3-n3cccc3[C@@H]2C)cc1C. The summed E-state index contributed by atoms with van der Waals surface area (Å²) < 4.78 is 2.18. The van der Waals surface area contributed by atoms with E-state index in [2.05, 4.69) is 55.1 Å². The molecule has 0 saturated heterocycles. The van der Waals surface area contributed by atoms with Gasteiger partial charge < -0.3 is 14.8 Å². The van der Waals surface area contributed by atoms with Crippen LogP contribution in [0, 0.1) is 13.8 Å². The first-order valence-corrected chi connectivity index (χ1v) is 8.95. The van der Waals surface area contributed by atoms with Crippen LogP contribution in [-0.4, -0.2) is 15.5 Å². The molecule has 2 heterocycles. The molecule has 1 N–H and O–H groups in total. The number of urea groups is 1. The minimum Gasteiger partial charge on any atom is -0.318 e. The number of carbonyl (C=O) groups excluding carboxylic acids is 1. The molecule has 1 atom stereocenters. The molecule has 0 fully saturated rings. The van der Waals surface area contributed by atoms with Crippen molar-refractivity contribution in [3.8, 4) is 5.69 Å². The number of fused-ring (bicyclic) bond motifs is 3. The molecule has 0 aliphatic carbocycles. The van der Waals surface area contributed by atoms with Gasteiger partial charge in [0.05, 0.1) is 18.3 Å². The lowest BCUT2D eigenvalue weighted by atomic mass is 10.1. The molecular weight excluding hydrogens is 322 g/mol. The number of benzene rings is 2. The summed E-state index contributed by atoms with van der Waals surface area (Å²) in [6.07, 6.45) is 2.06. The van der Waals surface area contributed by atoms with E-state index in [1.807, 2.05) is 41.3 Å². The van der Waals surface area contributed by atoms with Crippen molar-refractivity contribution >= 4 is 11.7 Å². The van der Waals surface area contributed by atoms with Crippen molar-refractivity contribution in [2.45, 2.75) is 33.4 Å². The lowest BCUT2D eigenvalue weighted by Gasteiger charge is -2.27. The van der Waals surface area contributed by atoms with Crippen molar-refractivity contribution < 1.29 is 4.79 Å². The van der Waals surface area contributed by atoms with Gasteiger partial charge in [-0.15, -0.1) is 0 Å². The second-order valence-electron chi connectivity index (χ2n) is 6.96. The van der Waals surface area contributed by atoms with E-state index in [4.69, 9.17) is 0 Å². The fourth-order valence-electron chi connectivity index (χ4n) is 3.58. The van der Waals surface area contributed by atoms with Crippen LogP contribution in [-0.2, 0) is 6.54 Å². The van der Waals surface area contributed by atoms with E-state index < -0.39 is 0 Å². The molecule has 1 aliphatic rings. The number of anilines is 1. The topological polar surface area (TPSA) is 37.3 Å². The lowest BCUT2D eigenvalue weighted by molar-refractivity contribution is 0.189. The molecule has 0 unspecified atom stereocenters. The quantitative estimate of drug-likeness (QED) is 0.646. The zero-order valence-corrected chi connectivity index (χ0v) is 15.4. The Morgan fingerprint density at radius 1 is 1.04 bits per heavy atom. The van der Waals surface area contributed by atoms with E-state index in [-0.39, 0.29) is 12.1 Å². The molecule has 0 bridgehead atoms. The number of hydrogen-bond donors (Lipinski definition) is 1. The van der Waals surface area contributed by atoms with Gasteiger partial charge in [0.2, 0.25) is 0 Å². The van der Waals surface area contributed by atoms with Crippen LogP contribution in [0.25, 0.3) is 5.69 Å². The van der Waals surface area contributed by atoms with Crippen LogP contribution in [0.1, 0.15) is 35.3 Å². The highest BCUT2D eigenvalue weighted by molar-refractivity contribution is 5.90. The third-order valence-corrected chi connectivity index (χ3v) is 5.29. The molecule has 4 nitrogen and oxygen atoms in total. The summed E-state index contributed by atoms with van der Waals surface area (Å²) >= 11 is 0. The average Bonchev–Trinajstić information content (AvgIpc) is 3.08. The molecule has 1 aromatic heterocycles. The number of hydrogen-bond acceptors (Lipinski definition) is 1. The zero-order chi connectivity index (χ0) is 18.3. The average molecular weight is 345 g/mol. The molecule has 0 saturated carbocycles. The largest absolute Gasteiger partial charge is 0.322 e. The summed E-state index contributed by atoms with van der Waals surface area (Å²) in [5.74, 6) is 0. The van der Waals surface area contributed by atoms with Gasteiger partial charge in [0.1, 0.15) is 0 Å². The Bertz CT molecular complexity index is 973. The number of nitrogens with zero attached hydrogens (tertiary/aromatic N) is 2. The molecule has 26 heavy (non-hydrogen) atoms. The summed E-state index contributed by atoms with van der Waals surface area (Å²) in [6.45, 7) is 6.79. The zero-order valence-electron chi connectivity index (χ0n) is 15.4. The van der Waals surface area contributed by atoms with Crippen molar-refractivity contribution in [1.82, 2.24) is 9.47 Å². The maximum atomic E-state index is 13.1. The van der Waals surface area contributed by atoms with Gasteiger partial charge in [-0.1, -0.05) is 24.3 Å². The van der Waals surface area contributed by atoms with E-state index >= 15 is 0 Å². The first-order chi connectivity index (χ1) is 12.5. The highest BCUT2D eigenvalue weighted by Gasteiger charge is 2.28. The Hall–Kier alpha value is -3.01. The summed E-state index contributed by atoms with van der Waals surface area (Å²) in [7, 11) is 0. The van der Waals surface area contributed by atoms with E-state index in [0.717, 1.165) is 22.6 Å². The smallest absolute Gasteiger partial charge is 0.318 e. The van der Waals surface area contributed by atoms with Gasteiger partial charge in [-0.3, -0.25) is 0 Å². The highest BCUT2D eigenvalue weighted by atomic mass is 16.2. The molecule has 2 amide bonds. The lowest BCUT2D eigenvalue weighted by Crippen LogP contribution is -2.36. The first kappa shape index (κ1) is 16.5. The standard InChI is InChI=1S/C22H23N3O/c1-15-10-11-19(13-16(15)2)23-22(26)25-14-18-7-4-5-8-21(18)24-12-6-9-20(24)17(25)3/h4-13,17H,14H2,1-3H3,(H,23,26)/t17-/m0/s1. The molecule has 3 aromatic rings. The Morgan fingerprint density at radius 3 is 2.65 bits per heavy atom. The van der Waals surface area contributed by atoms with Gasteiger partial charge in [0.25, 0.3) is 0 Å². The van der Waals surface area contributed by atoms with E-state index in [1.165, 1.54) is 11.1 Å². The molecule has 4 heteroatoms. The molecule has 2 aromatic carbocycles. The van der Waals surface area contributed by atoms with Gasteiger partial charge in [-0.25, -0.2) is 4.79 Å². The van der Waals surface area contributed by atoms with E-state index in [9.17, 15) is 4.79 Å². The summed E-state index contributed by atoms with van der Waals surface area (Å²) in [5.41, 5.74) is 6.62. The van der Waals surface area contributed by atoms with Crippen molar-refractivity contribution in [2.24, 2.45) is 0 Å². The fraction of sp³-hybridized carbons (Fsp3) is 0.227. The summed E-state index contributed by atoms with van der Waals surface area (Å²) in [4.78, 5) is 15.0. The molecule has 4 rings (SSSR count). The highest BCUT2D eigenvalue weighted by Crippen LogP contribution is 2.32. The number of nitrogens with one attached hydrogen (secondary N) is 1. The van der Waals surface area contributed by atoms with E-state index in [1.54, 1.807) is 0 Å². The van der Waals surface area contributed by atoms with Gasteiger partial charge in [-0.05, 0) is 67.8 Å². The number of aromatic nitrogens is 1.